The fourth-order valence-corrected chi connectivity index (χ4v) is 1.89. The number of hydrogen-bond acceptors (Lipinski definition) is 5. The lowest BCUT2D eigenvalue weighted by molar-refractivity contribution is -0.147. The van der Waals surface area contributed by atoms with E-state index in [4.69, 9.17) is 9.47 Å². The molecule has 0 aromatic heterocycles. The van der Waals surface area contributed by atoms with Crippen LogP contribution < -0.4 is 15.4 Å². The van der Waals surface area contributed by atoms with E-state index in [2.05, 4.69) is 10.6 Å². The highest BCUT2D eigenvalue weighted by atomic mass is 16.5. The minimum Gasteiger partial charge on any atom is -0.482 e. The molecule has 2 N–H and O–H groups in total. The van der Waals surface area contributed by atoms with E-state index < -0.39 is 5.54 Å². The summed E-state index contributed by atoms with van der Waals surface area (Å²) in [6, 6.07) is 5.51. The summed E-state index contributed by atoms with van der Waals surface area (Å²) in [7, 11) is 1.36. The van der Waals surface area contributed by atoms with Crippen LogP contribution in [-0.4, -0.2) is 31.1 Å². The molecule has 0 bridgehead atoms. The van der Waals surface area contributed by atoms with Gasteiger partial charge < -0.3 is 14.8 Å². The van der Waals surface area contributed by atoms with E-state index in [1.165, 1.54) is 7.11 Å². The number of methoxy groups -OCH3 is 1. The molecular formula is C14H18N2O4. The topological polar surface area (TPSA) is 76.7 Å². The Morgan fingerprint density at radius 1 is 1.50 bits per heavy atom. The van der Waals surface area contributed by atoms with Gasteiger partial charge in [-0.15, -0.1) is 0 Å². The van der Waals surface area contributed by atoms with Crippen molar-refractivity contribution in [3.8, 4) is 5.75 Å². The lowest BCUT2D eigenvalue weighted by atomic mass is 10.1. The normalized spacial score (nSPS) is 14.1. The molecule has 0 atom stereocenters. The van der Waals surface area contributed by atoms with Gasteiger partial charge in [-0.05, 0) is 31.5 Å². The van der Waals surface area contributed by atoms with Gasteiger partial charge in [-0.2, -0.15) is 0 Å². The molecule has 1 aromatic rings. The second kappa shape index (κ2) is 5.50. The van der Waals surface area contributed by atoms with Gasteiger partial charge in [0.15, 0.2) is 6.61 Å². The number of esters is 1. The molecule has 1 heterocycles. The van der Waals surface area contributed by atoms with Crippen molar-refractivity contribution in [3.05, 3.63) is 23.8 Å². The van der Waals surface area contributed by atoms with Gasteiger partial charge in [0.1, 0.15) is 11.3 Å². The third kappa shape index (κ3) is 3.08. The second-order valence-corrected chi connectivity index (χ2v) is 5.14. The Balaban J connectivity index is 2.06. The van der Waals surface area contributed by atoms with Crippen molar-refractivity contribution in [2.24, 2.45) is 0 Å². The Kier molecular flexibility index (Phi) is 3.94. The molecule has 0 spiro atoms. The van der Waals surface area contributed by atoms with Crippen molar-refractivity contribution in [2.45, 2.75) is 25.9 Å². The molecule has 0 unspecified atom stereocenters. The van der Waals surface area contributed by atoms with Crippen LogP contribution in [0.2, 0.25) is 0 Å². The van der Waals surface area contributed by atoms with Crippen LogP contribution in [0.1, 0.15) is 19.4 Å². The Bertz CT molecular complexity index is 540. The number of amides is 1. The summed E-state index contributed by atoms with van der Waals surface area (Å²) in [6.07, 6.45) is 0. The highest BCUT2D eigenvalue weighted by molar-refractivity contribution is 5.95. The largest absolute Gasteiger partial charge is 0.482 e. The molecule has 0 saturated heterocycles. The second-order valence-electron chi connectivity index (χ2n) is 5.14. The number of ether oxygens (including phenoxy) is 2. The van der Waals surface area contributed by atoms with Crippen molar-refractivity contribution in [2.75, 3.05) is 19.0 Å². The lowest BCUT2D eigenvalue weighted by Gasteiger charge is -2.24. The van der Waals surface area contributed by atoms with Gasteiger partial charge in [0.05, 0.1) is 12.8 Å². The monoisotopic (exact) mass is 278 g/mol. The summed E-state index contributed by atoms with van der Waals surface area (Å²) < 4.78 is 10.0. The Hall–Kier alpha value is -2.08. The standard InChI is InChI=1S/C14H18N2O4/c1-14(2,13(18)19-3)15-7-9-4-5-11-10(6-9)16-12(17)8-20-11/h4-6,15H,7-8H2,1-3H3,(H,16,17). The van der Waals surface area contributed by atoms with Crippen molar-refractivity contribution in [1.29, 1.82) is 0 Å². The summed E-state index contributed by atoms with van der Waals surface area (Å²) in [4.78, 5) is 22.8. The molecule has 6 heteroatoms. The van der Waals surface area contributed by atoms with E-state index in [0.717, 1.165) is 5.56 Å². The molecule has 0 aliphatic carbocycles. The third-order valence-electron chi connectivity index (χ3n) is 3.11. The number of fused-ring (bicyclic) bond motifs is 1. The number of carbonyl (C=O) groups is 2. The van der Waals surface area contributed by atoms with Crippen LogP contribution in [-0.2, 0) is 20.9 Å². The first-order valence-corrected chi connectivity index (χ1v) is 6.31. The van der Waals surface area contributed by atoms with Crippen LogP contribution in [0, 0.1) is 0 Å². The number of nitrogens with one attached hydrogen (secondary N) is 2. The van der Waals surface area contributed by atoms with Crippen LogP contribution >= 0.6 is 0 Å². The maximum absolute atomic E-state index is 11.6. The molecule has 6 nitrogen and oxygen atoms in total. The van der Waals surface area contributed by atoms with Crippen LogP contribution in [0.25, 0.3) is 0 Å². The predicted molar refractivity (Wildman–Crippen MR) is 73.5 cm³/mol. The zero-order valence-electron chi connectivity index (χ0n) is 11.8. The van der Waals surface area contributed by atoms with E-state index >= 15 is 0 Å². The van der Waals surface area contributed by atoms with E-state index in [0.29, 0.717) is 18.0 Å². The van der Waals surface area contributed by atoms with E-state index in [9.17, 15) is 9.59 Å². The fraction of sp³-hybridized carbons (Fsp3) is 0.429. The van der Waals surface area contributed by atoms with Crippen LogP contribution in [0.4, 0.5) is 5.69 Å². The molecule has 2 rings (SSSR count). The molecule has 1 aliphatic rings. The highest BCUT2D eigenvalue weighted by Gasteiger charge is 2.27. The number of anilines is 1. The van der Waals surface area contributed by atoms with Crippen molar-refractivity contribution in [3.63, 3.8) is 0 Å². The zero-order chi connectivity index (χ0) is 14.8. The number of rotatable bonds is 4. The molecule has 0 radical (unpaired) electrons. The highest BCUT2D eigenvalue weighted by Crippen LogP contribution is 2.28. The first-order chi connectivity index (χ1) is 9.42. The van der Waals surface area contributed by atoms with Crippen molar-refractivity contribution in [1.82, 2.24) is 5.32 Å². The van der Waals surface area contributed by atoms with Crippen LogP contribution in [0.3, 0.4) is 0 Å². The van der Waals surface area contributed by atoms with Gasteiger partial charge in [-0.3, -0.25) is 14.9 Å². The average Bonchev–Trinajstić information content (AvgIpc) is 2.43. The molecule has 0 saturated carbocycles. The SMILES string of the molecule is COC(=O)C(C)(C)NCc1ccc2c(c1)NC(=O)CO2. The zero-order valence-corrected chi connectivity index (χ0v) is 11.8. The van der Waals surface area contributed by atoms with Gasteiger partial charge >= 0.3 is 5.97 Å². The number of benzene rings is 1. The van der Waals surface area contributed by atoms with Gasteiger partial charge in [-0.25, -0.2) is 0 Å². The Morgan fingerprint density at radius 3 is 2.95 bits per heavy atom. The summed E-state index contributed by atoms with van der Waals surface area (Å²) >= 11 is 0. The fourth-order valence-electron chi connectivity index (χ4n) is 1.89. The molecule has 1 aliphatic heterocycles. The van der Waals surface area contributed by atoms with Gasteiger partial charge in [0, 0.05) is 6.54 Å². The van der Waals surface area contributed by atoms with Crippen molar-refractivity contribution >= 4 is 17.6 Å². The number of carbonyl (C=O) groups excluding carboxylic acids is 2. The Labute approximate surface area is 117 Å². The van der Waals surface area contributed by atoms with Crippen LogP contribution in [0.15, 0.2) is 18.2 Å². The van der Waals surface area contributed by atoms with Gasteiger partial charge in [-0.1, -0.05) is 6.07 Å². The smallest absolute Gasteiger partial charge is 0.325 e. The van der Waals surface area contributed by atoms with Gasteiger partial charge in [0.2, 0.25) is 0 Å². The number of hydrogen-bond donors (Lipinski definition) is 2. The molecule has 0 fully saturated rings. The van der Waals surface area contributed by atoms with E-state index in [1.54, 1.807) is 19.9 Å². The van der Waals surface area contributed by atoms with Crippen LogP contribution in [0.5, 0.6) is 5.75 Å². The minimum absolute atomic E-state index is 0.0416. The predicted octanol–water partition coefficient (Wildman–Crippen LogP) is 1.06. The van der Waals surface area contributed by atoms with E-state index in [1.807, 2.05) is 12.1 Å². The average molecular weight is 278 g/mol. The molecule has 20 heavy (non-hydrogen) atoms. The summed E-state index contributed by atoms with van der Waals surface area (Å²) in [6.45, 7) is 4.02. The Morgan fingerprint density at radius 2 is 2.25 bits per heavy atom. The molecule has 1 amide bonds. The first kappa shape index (κ1) is 14.3. The molecule has 1 aromatic carbocycles. The first-order valence-electron chi connectivity index (χ1n) is 6.31. The van der Waals surface area contributed by atoms with E-state index in [-0.39, 0.29) is 18.5 Å². The third-order valence-corrected chi connectivity index (χ3v) is 3.11. The maximum atomic E-state index is 11.6. The lowest BCUT2D eigenvalue weighted by Crippen LogP contribution is -2.46. The van der Waals surface area contributed by atoms with Crippen molar-refractivity contribution < 1.29 is 19.1 Å². The molecular weight excluding hydrogens is 260 g/mol. The van der Waals surface area contributed by atoms with Gasteiger partial charge in [0.25, 0.3) is 5.91 Å². The summed E-state index contributed by atoms with van der Waals surface area (Å²) in [5.74, 6) is 0.158. The maximum Gasteiger partial charge on any atom is 0.325 e. The molecule has 108 valence electrons. The summed E-state index contributed by atoms with van der Waals surface area (Å²) in [5.41, 5.74) is 0.813. The quantitative estimate of drug-likeness (QED) is 0.805. The minimum atomic E-state index is -0.773. The summed E-state index contributed by atoms with van der Waals surface area (Å²) in [5, 5.41) is 5.86.